The summed E-state index contributed by atoms with van der Waals surface area (Å²) in [5.74, 6) is -7.88. The second-order valence-corrected chi connectivity index (χ2v) is 25.2. The van der Waals surface area contributed by atoms with Crippen molar-refractivity contribution in [3.63, 3.8) is 0 Å². The number of Topliss-reactive ketones (excluding diaryl/α,β-unsaturated/α-hetero) is 1. The molecular formula is C65H104O23. The van der Waals surface area contributed by atoms with Gasteiger partial charge in [0.25, 0.3) is 0 Å². The van der Waals surface area contributed by atoms with Gasteiger partial charge in [-0.05, 0) is 80.2 Å². The highest BCUT2D eigenvalue weighted by atomic mass is 16.7. The molecule has 2 unspecified atom stereocenters. The number of rotatable bonds is 18. The van der Waals surface area contributed by atoms with Crippen molar-refractivity contribution >= 4 is 23.7 Å². The van der Waals surface area contributed by atoms with Crippen molar-refractivity contribution in [3.05, 3.63) is 58.7 Å². The van der Waals surface area contributed by atoms with Gasteiger partial charge in [0.2, 0.25) is 5.79 Å². The number of methoxy groups -OCH3 is 4. The lowest BCUT2D eigenvalue weighted by molar-refractivity contribution is -0.364. The summed E-state index contributed by atoms with van der Waals surface area (Å²) in [6.07, 6.45) is -6.17. The van der Waals surface area contributed by atoms with Crippen LogP contribution in [0.4, 0.5) is 0 Å². The minimum absolute atomic E-state index is 0.00295. The Bertz CT molecular complexity index is 2440. The second-order valence-electron chi connectivity index (χ2n) is 25.2. The van der Waals surface area contributed by atoms with Crippen LogP contribution in [0.15, 0.2) is 58.7 Å². The Labute approximate surface area is 520 Å². The van der Waals surface area contributed by atoms with Gasteiger partial charge in [0.05, 0.1) is 67.1 Å². The molecule has 0 spiro atoms. The van der Waals surface area contributed by atoms with E-state index in [-0.39, 0.29) is 56.8 Å². The third-order valence-electron chi connectivity index (χ3n) is 17.7. The Kier molecular flexibility index (Phi) is 28.6. The first-order valence-corrected chi connectivity index (χ1v) is 30.9. The van der Waals surface area contributed by atoms with Crippen molar-refractivity contribution in [2.24, 2.45) is 23.7 Å². The number of ketones is 1. The maximum Gasteiger partial charge on any atom is 0.303 e. The molecular weight excluding hydrogens is 1150 g/mol. The van der Waals surface area contributed by atoms with Crippen LogP contribution in [-0.4, -0.2) is 212 Å². The Morgan fingerprint density at radius 2 is 1.36 bits per heavy atom. The molecule has 5 rings (SSSR count). The molecule has 4 heterocycles. The minimum Gasteiger partial charge on any atom is -0.457 e. The van der Waals surface area contributed by atoms with Gasteiger partial charge >= 0.3 is 17.9 Å². The molecule has 4 saturated heterocycles. The molecule has 0 radical (unpaired) electrons. The lowest BCUT2D eigenvalue weighted by Gasteiger charge is -2.52. The van der Waals surface area contributed by atoms with E-state index < -0.39 is 164 Å². The Hall–Kier alpha value is -3.86. The topological polar surface area (TPSA) is 299 Å². The first-order valence-electron chi connectivity index (χ1n) is 30.9. The van der Waals surface area contributed by atoms with Gasteiger partial charge in [0, 0.05) is 98.6 Å². The molecule has 5 N–H and O–H groups in total. The van der Waals surface area contributed by atoms with E-state index in [2.05, 4.69) is 0 Å². The van der Waals surface area contributed by atoms with Crippen LogP contribution >= 0.6 is 0 Å². The zero-order chi connectivity index (χ0) is 65.7. The summed E-state index contributed by atoms with van der Waals surface area (Å²) < 4.78 is 84.8. The predicted molar refractivity (Wildman–Crippen MR) is 319 cm³/mol. The van der Waals surface area contributed by atoms with Crippen LogP contribution < -0.4 is 0 Å². The highest BCUT2D eigenvalue weighted by Crippen LogP contribution is 2.45. The van der Waals surface area contributed by atoms with Gasteiger partial charge in [0.15, 0.2) is 43.0 Å². The van der Waals surface area contributed by atoms with E-state index in [4.69, 9.17) is 66.3 Å². The number of allylic oxidation sites excluding steroid dienone is 8. The van der Waals surface area contributed by atoms with Crippen molar-refractivity contribution in [1.82, 2.24) is 0 Å². The average Bonchev–Trinajstić information content (AvgIpc) is 1.30. The lowest BCUT2D eigenvalue weighted by atomic mass is 9.73. The lowest BCUT2D eigenvalue weighted by Crippen LogP contribution is -2.65. The quantitative estimate of drug-likeness (QED) is 0.0781. The van der Waals surface area contributed by atoms with Crippen LogP contribution in [-0.2, 0) is 85.5 Å². The van der Waals surface area contributed by atoms with Gasteiger partial charge < -0.3 is 91.8 Å². The number of aliphatic hydroxyl groups excluding tert-OH is 3. The van der Waals surface area contributed by atoms with E-state index in [1.165, 1.54) is 49.2 Å². The molecule has 0 bridgehead atoms. The Balaban J connectivity index is 1.43. The van der Waals surface area contributed by atoms with Gasteiger partial charge in [0.1, 0.15) is 24.4 Å². The summed E-state index contributed by atoms with van der Waals surface area (Å²) in [4.78, 5) is 52.1. The van der Waals surface area contributed by atoms with Gasteiger partial charge in [-0.25, -0.2) is 0 Å². The van der Waals surface area contributed by atoms with Crippen molar-refractivity contribution in [1.29, 1.82) is 0 Å². The molecule has 88 heavy (non-hydrogen) atoms. The van der Waals surface area contributed by atoms with E-state index in [9.17, 15) is 44.7 Å². The minimum atomic E-state index is -2.45. The molecule has 23 heteroatoms. The first kappa shape index (κ1) is 74.9. The molecule has 1 aliphatic carbocycles. The number of carbonyl (C=O) groups is 4. The molecule has 0 aromatic rings. The molecule has 0 amide bonds. The fourth-order valence-corrected chi connectivity index (χ4v) is 13.0. The molecule has 0 aromatic heterocycles. The summed E-state index contributed by atoms with van der Waals surface area (Å²) in [5.41, 5.74) is 1.16. The zero-order valence-corrected chi connectivity index (χ0v) is 55.0. The number of hydrogen-bond donors (Lipinski definition) is 5. The van der Waals surface area contributed by atoms with E-state index in [1.54, 1.807) is 54.5 Å². The molecule has 23 nitrogen and oxygen atoms in total. The molecule has 5 aliphatic rings. The normalized spacial score (nSPS) is 42.9. The van der Waals surface area contributed by atoms with Gasteiger partial charge in [-0.2, -0.15) is 0 Å². The van der Waals surface area contributed by atoms with Crippen molar-refractivity contribution in [3.8, 4) is 0 Å². The molecule has 0 aromatic carbocycles. The van der Waals surface area contributed by atoms with E-state index in [0.717, 1.165) is 11.1 Å². The Morgan fingerprint density at radius 3 is 1.97 bits per heavy atom. The molecule has 4 aliphatic heterocycles. The largest absolute Gasteiger partial charge is 0.457 e. The number of ether oxygens (including phenoxy) is 14. The molecule has 4 fully saturated rings. The second kappa shape index (κ2) is 33.6. The van der Waals surface area contributed by atoms with Crippen LogP contribution in [0.1, 0.15) is 142 Å². The van der Waals surface area contributed by atoms with Crippen LogP contribution in [0, 0.1) is 23.7 Å². The molecule has 0 saturated carbocycles. The van der Waals surface area contributed by atoms with Gasteiger partial charge in [-0.3, -0.25) is 19.2 Å². The van der Waals surface area contributed by atoms with Crippen LogP contribution in [0.3, 0.4) is 0 Å². The third-order valence-corrected chi connectivity index (χ3v) is 17.7. The molecule has 25 atom stereocenters. The predicted octanol–water partition coefficient (Wildman–Crippen LogP) is 5.96. The first-order chi connectivity index (χ1) is 41.3. The number of carbonyl (C=O) groups excluding carboxylic acids is 4. The summed E-state index contributed by atoms with van der Waals surface area (Å²) in [6, 6.07) is 0. The number of aliphatic hydroxyl groups is 5. The maximum absolute atomic E-state index is 14.7. The van der Waals surface area contributed by atoms with E-state index in [1.807, 2.05) is 58.1 Å². The fourth-order valence-electron chi connectivity index (χ4n) is 13.0. The van der Waals surface area contributed by atoms with Crippen LogP contribution in [0.2, 0.25) is 0 Å². The zero-order valence-electron chi connectivity index (χ0n) is 55.0. The van der Waals surface area contributed by atoms with E-state index in [0.29, 0.717) is 17.6 Å². The summed E-state index contributed by atoms with van der Waals surface area (Å²) in [6.45, 7) is 23.1. The van der Waals surface area contributed by atoms with Gasteiger partial charge in [-0.15, -0.1) is 0 Å². The number of esters is 3. The van der Waals surface area contributed by atoms with Crippen LogP contribution in [0.25, 0.3) is 0 Å². The average molecular weight is 1250 g/mol. The third kappa shape index (κ3) is 20.1. The summed E-state index contributed by atoms with van der Waals surface area (Å²) in [5, 5.41) is 60.5. The van der Waals surface area contributed by atoms with Crippen molar-refractivity contribution < 1.29 is 111 Å². The highest BCUT2D eigenvalue weighted by Gasteiger charge is 2.59. The van der Waals surface area contributed by atoms with E-state index >= 15 is 0 Å². The Morgan fingerprint density at radius 1 is 0.727 bits per heavy atom. The molecule has 502 valence electrons. The monoisotopic (exact) mass is 1250 g/mol. The SMILES string of the molecule is COC[C@@H](CC1O[C@@](O)([C@H](OC(C)=O)C2CC(=O)/C(C)=C/C(C)=C/C(C)=C/[C@@H](C)[C@H](O[C@@H]3O[C@@H](C)[C@H](OC)[C@@H](O)[C@@H]3OC(C)=O)/C=C/C(C)=C/CC[C@H](O)[C@@H](OC)C2)[C@H](C)[C@@H](O)[C@H]1C)O[C@H]1C[C@](C)(O)[C@@H](O[C@H]2C[C@@H](OC)[C@H](OC(C)=O)[C@@H](C)O2)[C@H](C)O1. The van der Waals surface area contributed by atoms with Crippen molar-refractivity contribution in [2.45, 2.75) is 270 Å². The van der Waals surface area contributed by atoms with Crippen LogP contribution in [0.5, 0.6) is 0 Å². The number of hydrogen-bond acceptors (Lipinski definition) is 23. The summed E-state index contributed by atoms with van der Waals surface area (Å²) >= 11 is 0. The highest BCUT2D eigenvalue weighted by molar-refractivity contribution is 5.95. The standard InChI is InChI=1S/C65H104O23/c1-33-20-19-21-48(69)52(76-16)28-46(27-49(70)36(4)25-34(2)24-35(3)26-37(5)50(23-22-33)86-63-60(83-44(12)67)57(72)59(78-18)41(9)81-63)62(84-45(13)68)65(74)39(7)56(71)38(6)51(88-65)29-47(32-75-15)85-55-31-64(14,73)61(42(10)80-55)87-54-30-53(77-17)58(40(8)79-54)82-43(11)66/h20,22-26,37-42,46-48,50-63,69,71-74H,19,21,27-32H2,1-18H3/b23-22+,33-20+,34-24+,35-26+,36-25+/t37-,38+,39-,40-,41+,42+,46?,47-,48+,50-,51?,52+,53-,54+,55+,56+,57-,58-,59+,60+,61+,62-,63+,64+,65-/m1/s1. The smallest absolute Gasteiger partial charge is 0.303 e. The van der Waals surface area contributed by atoms with Gasteiger partial charge in [-0.1, -0.05) is 73.9 Å². The maximum atomic E-state index is 14.7. The van der Waals surface area contributed by atoms with Crippen molar-refractivity contribution in [2.75, 3.05) is 35.0 Å². The summed E-state index contributed by atoms with van der Waals surface area (Å²) in [7, 11) is 5.85. The fraction of sp³-hybridized carbons (Fsp3) is 0.785.